The number of piperazine rings is 1. The second kappa shape index (κ2) is 10.6. The van der Waals surface area contributed by atoms with E-state index in [2.05, 4.69) is 4.90 Å². The topological polar surface area (TPSA) is 59.5 Å². The average molecular weight is 441 g/mol. The number of amides is 2. The standard InChI is InChI=1S/C22H34F2N4O3/c1-25(2)21(30)28-11-9-26(10-12-28)15-19(29)16-31-20-6-3-5-18(13-20)14-27-8-4-7-22(23,24)17-27/h3,5-6,13,19,29H,4,7-12,14-17H2,1-2H3. The molecule has 0 bridgehead atoms. The van der Waals surface area contributed by atoms with Gasteiger partial charge in [-0.1, -0.05) is 12.1 Å². The molecule has 0 radical (unpaired) electrons. The number of halogens is 2. The van der Waals surface area contributed by atoms with Crippen LogP contribution in [-0.4, -0.2) is 109 Å². The predicted octanol–water partition coefficient (Wildman–Crippen LogP) is 1.96. The highest BCUT2D eigenvalue weighted by atomic mass is 19.3. The normalized spacial score (nSPS) is 21.0. The highest BCUT2D eigenvalue weighted by Gasteiger charge is 2.34. The lowest BCUT2D eigenvalue weighted by atomic mass is 10.1. The van der Waals surface area contributed by atoms with Gasteiger partial charge in [0.05, 0.1) is 6.54 Å². The summed E-state index contributed by atoms with van der Waals surface area (Å²) in [4.78, 5) is 19.3. The molecule has 2 saturated heterocycles. The van der Waals surface area contributed by atoms with Crippen LogP contribution in [0.3, 0.4) is 0 Å². The molecule has 0 spiro atoms. The Bertz CT molecular complexity index is 726. The summed E-state index contributed by atoms with van der Waals surface area (Å²) in [5, 5.41) is 10.4. The molecule has 3 rings (SSSR count). The second-order valence-corrected chi connectivity index (χ2v) is 8.75. The third kappa shape index (κ3) is 7.29. The van der Waals surface area contributed by atoms with Crippen molar-refractivity contribution in [3.05, 3.63) is 29.8 Å². The summed E-state index contributed by atoms with van der Waals surface area (Å²) in [7, 11) is 3.49. The van der Waals surface area contributed by atoms with E-state index < -0.39 is 12.0 Å². The fourth-order valence-electron chi connectivity index (χ4n) is 4.12. The van der Waals surface area contributed by atoms with Crippen LogP contribution in [0.4, 0.5) is 13.6 Å². The summed E-state index contributed by atoms with van der Waals surface area (Å²) in [5.74, 6) is -1.98. The summed E-state index contributed by atoms with van der Waals surface area (Å²) >= 11 is 0. The lowest BCUT2D eigenvalue weighted by Gasteiger charge is -2.36. The van der Waals surface area contributed by atoms with E-state index in [1.807, 2.05) is 29.2 Å². The maximum atomic E-state index is 13.6. The molecule has 2 heterocycles. The van der Waals surface area contributed by atoms with E-state index in [9.17, 15) is 18.7 Å². The smallest absolute Gasteiger partial charge is 0.319 e. The van der Waals surface area contributed by atoms with Crippen molar-refractivity contribution in [2.24, 2.45) is 0 Å². The van der Waals surface area contributed by atoms with Gasteiger partial charge >= 0.3 is 6.03 Å². The number of benzene rings is 1. The molecule has 0 aromatic heterocycles. The molecule has 9 heteroatoms. The van der Waals surface area contributed by atoms with Crippen LogP contribution >= 0.6 is 0 Å². The van der Waals surface area contributed by atoms with E-state index in [1.165, 1.54) is 0 Å². The van der Waals surface area contributed by atoms with Crippen LogP contribution in [-0.2, 0) is 6.54 Å². The molecule has 2 fully saturated rings. The highest BCUT2D eigenvalue weighted by Crippen LogP contribution is 2.27. The quantitative estimate of drug-likeness (QED) is 0.703. The van der Waals surface area contributed by atoms with Crippen molar-refractivity contribution in [1.82, 2.24) is 19.6 Å². The third-order valence-corrected chi connectivity index (χ3v) is 5.71. The number of nitrogens with zero attached hydrogens (tertiary/aromatic N) is 4. The minimum absolute atomic E-state index is 0.0108. The zero-order valence-corrected chi connectivity index (χ0v) is 18.5. The van der Waals surface area contributed by atoms with Gasteiger partial charge in [-0.2, -0.15) is 0 Å². The van der Waals surface area contributed by atoms with Crippen molar-refractivity contribution >= 4 is 6.03 Å². The minimum atomic E-state index is -2.61. The first-order valence-electron chi connectivity index (χ1n) is 10.9. The van der Waals surface area contributed by atoms with Crippen molar-refractivity contribution in [3.63, 3.8) is 0 Å². The fraction of sp³-hybridized carbons (Fsp3) is 0.682. The van der Waals surface area contributed by atoms with Crippen LogP contribution in [0.2, 0.25) is 0 Å². The van der Waals surface area contributed by atoms with Crippen LogP contribution in [0.5, 0.6) is 5.75 Å². The van der Waals surface area contributed by atoms with E-state index >= 15 is 0 Å². The summed E-state index contributed by atoms with van der Waals surface area (Å²) in [5.41, 5.74) is 0.923. The molecule has 174 valence electrons. The molecule has 31 heavy (non-hydrogen) atoms. The largest absolute Gasteiger partial charge is 0.491 e. The van der Waals surface area contributed by atoms with Gasteiger partial charge in [0, 0.05) is 59.8 Å². The molecule has 1 atom stereocenters. The van der Waals surface area contributed by atoms with Crippen molar-refractivity contribution < 1.29 is 23.4 Å². The van der Waals surface area contributed by atoms with Crippen LogP contribution in [0.25, 0.3) is 0 Å². The molecule has 2 amide bonds. The van der Waals surface area contributed by atoms with E-state index in [0.717, 1.165) is 5.56 Å². The van der Waals surface area contributed by atoms with Gasteiger partial charge in [0.1, 0.15) is 18.5 Å². The maximum absolute atomic E-state index is 13.6. The lowest BCUT2D eigenvalue weighted by Crippen LogP contribution is -2.53. The van der Waals surface area contributed by atoms with Crippen molar-refractivity contribution in [1.29, 1.82) is 0 Å². The van der Waals surface area contributed by atoms with Crippen molar-refractivity contribution in [3.8, 4) is 5.75 Å². The molecule has 1 N–H and O–H groups in total. The number of carbonyl (C=O) groups excluding carboxylic acids is 1. The van der Waals surface area contributed by atoms with Crippen LogP contribution in [0.1, 0.15) is 18.4 Å². The average Bonchev–Trinajstić information content (AvgIpc) is 2.72. The van der Waals surface area contributed by atoms with Gasteiger partial charge in [-0.25, -0.2) is 13.6 Å². The highest BCUT2D eigenvalue weighted by molar-refractivity contribution is 5.73. The number of carbonyl (C=O) groups is 1. The molecule has 1 aromatic rings. The lowest BCUT2D eigenvalue weighted by molar-refractivity contribution is -0.0661. The number of likely N-dealkylation sites (tertiary alicyclic amines) is 1. The first-order chi connectivity index (χ1) is 14.7. The first-order valence-corrected chi connectivity index (χ1v) is 10.9. The number of urea groups is 1. The molecular formula is C22H34F2N4O3. The Morgan fingerprint density at radius 3 is 2.61 bits per heavy atom. The summed E-state index contributed by atoms with van der Waals surface area (Å²) in [6, 6.07) is 7.43. The monoisotopic (exact) mass is 440 g/mol. The van der Waals surface area contributed by atoms with Crippen LogP contribution in [0, 0.1) is 0 Å². The number of aliphatic hydroxyl groups is 1. The number of β-amino-alcohol motifs (C(OH)–C–C–N with tert-alkyl or cyclic N) is 1. The van der Waals surface area contributed by atoms with Crippen LogP contribution < -0.4 is 4.74 Å². The van der Waals surface area contributed by atoms with Crippen molar-refractivity contribution in [2.75, 3.05) is 66.5 Å². The van der Waals surface area contributed by atoms with Gasteiger partial charge in [0.25, 0.3) is 5.92 Å². The zero-order valence-electron chi connectivity index (χ0n) is 18.5. The van der Waals surface area contributed by atoms with Crippen LogP contribution in [0.15, 0.2) is 24.3 Å². The number of ether oxygens (including phenoxy) is 1. The number of rotatable bonds is 7. The Morgan fingerprint density at radius 2 is 1.94 bits per heavy atom. The molecule has 1 unspecified atom stereocenters. The number of hydrogen-bond acceptors (Lipinski definition) is 5. The predicted molar refractivity (Wildman–Crippen MR) is 114 cm³/mol. The Hall–Kier alpha value is -1.97. The number of aliphatic hydroxyl groups excluding tert-OH is 1. The molecular weight excluding hydrogens is 406 g/mol. The first kappa shape index (κ1) is 23.7. The van der Waals surface area contributed by atoms with E-state index in [4.69, 9.17) is 4.74 Å². The third-order valence-electron chi connectivity index (χ3n) is 5.71. The Morgan fingerprint density at radius 1 is 1.19 bits per heavy atom. The SMILES string of the molecule is CN(C)C(=O)N1CCN(CC(O)COc2cccc(CN3CCCC(F)(F)C3)c2)CC1. The summed E-state index contributed by atoms with van der Waals surface area (Å²) in [6.07, 6.45) is -0.182. The van der Waals surface area contributed by atoms with Gasteiger partial charge in [-0.05, 0) is 30.7 Å². The number of hydrogen-bond donors (Lipinski definition) is 1. The van der Waals surface area contributed by atoms with E-state index in [-0.39, 0.29) is 25.6 Å². The van der Waals surface area contributed by atoms with Gasteiger partial charge in [-0.15, -0.1) is 0 Å². The maximum Gasteiger partial charge on any atom is 0.319 e. The zero-order chi connectivity index (χ0) is 22.4. The van der Waals surface area contributed by atoms with Gasteiger partial charge < -0.3 is 19.6 Å². The Kier molecular flexibility index (Phi) is 8.07. The fourth-order valence-corrected chi connectivity index (χ4v) is 4.12. The summed E-state index contributed by atoms with van der Waals surface area (Å²) in [6.45, 7) is 4.28. The van der Waals surface area contributed by atoms with E-state index in [0.29, 0.717) is 58.0 Å². The summed E-state index contributed by atoms with van der Waals surface area (Å²) < 4.78 is 33.0. The Balaban J connectivity index is 1.41. The molecule has 1 aromatic carbocycles. The molecule has 7 nitrogen and oxygen atoms in total. The van der Waals surface area contributed by atoms with Gasteiger partial charge in [0.2, 0.25) is 0 Å². The van der Waals surface area contributed by atoms with E-state index in [1.54, 1.807) is 23.9 Å². The Labute approximate surface area is 183 Å². The second-order valence-electron chi connectivity index (χ2n) is 8.75. The number of piperidine rings is 1. The minimum Gasteiger partial charge on any atom is -0.491 e. The van der Waals surface area contributed by atoms with Gasteiger partial charge in [0.15, 0.2) is 0 Å². The molecule has 0 aliphatic carbocycles. The molecule has 2 aliphatic heterocycles. The number of alkyl halides is 2. The molecule has 2 aliphatic rings. The molecule has 0 saturated carbocycles. The van der Waals surface area contributed by atoms with Crippen molar-refractivity contribution in [2.45, 2.75) is 31.4 Å². The van der Waals surface area contributed by atoms with Gasteiger partial charge in [-0.3, -0.25) is 9.80 Å².